The van der Waals surface area contributed by atoms with Crippen molar-refractivity contribution < 1.29 is 18.6 Å². The molecule has 42 heavy (non-hydrogen) atoms. The second-order valence-corrected chi connectivity index (χ2v) is 18.2. The van der Waals surface area contributed by atoms with Crippen molar-refractivity contribution in [2.75, 3.05) is 6.54 Å². The van der Waals surface area contributed by atoms with Crippen molar-refractivity contribution in [3.8, 4) is 0 Å². The van der Waals surface area contributed by atoms with Gasteiger partial charge in [0, 0.05) is 6.54 Å². The van der Waals surface area contributed by atoms with Gasteiger partial charge < -0.3 is 10.2 Å². The predicted molar refractivity (Wildman–Crippen MR) is 171 cm³/mol. The Balaban J connectivity index is 1.21. The zero-order valence-corrected chi connectivity index (χ0v) is 28.2. The highest BCUT2D eigenvalue weighted by Crippen LogP contribution is 2.69. The number of hydrogen-bond donors (Lipinski definition) is 3. The van der Waals surface area contributed by atoms with E-state index >= 15 is 0 Å². The van der Waals surface area contributed by atoms with Gasteiger partial charge in [0.05, 0.1) is 17.1 Å². The van der Waals surface area contributed by atoms with E-state index in [1.165, 1.54) is 25.7 Å². The second-order valence-electron chi connectivity index (χ2n) is 16.4. The van der Waals surface area contributed by atoms with Gasteiger partial charge in [-0.3, -0.25) is 0 Å². The highest BCUT2D eigenvalue weighted by atomic mass is 32.2. The van der Waals surface area contributed by atoms with Crippen molar-refractivity contribution >= 4 is 10.0 Å². The molecule has 3 N–H and O–H groups in total. The standard InChI is InChI=1S/C36H59NO4S/c1-8-27-31-22-25(38)17-19-36(31,7)30-18-20-35(6)28(15-16-29(35)32(30)33(27)39)23(2)10-9-21-37-42(40,41)26-13-11-24(12-14-26)34(3,4)5/h11-14,23,25,27-33,37-39H,8-10,15-22H2,1-7H3/t23-,25-,27-,28-,29+,30+,31+,32+,33-,35-,36-/m1/s1. The summed E-state index contributed by atoms with van der Waals surface area (Å²) in [6.45, 7) is 16.5. The lowest BCUT2D eigenvalue weighted by molar-refractivity contribution is -0.203. The van der Waals surface area contributed by atoms with Crippen molar-refractivity contribution in [2.24, 2.45) is 52.3 Å². The lowest BCUT2D eigenvalue weighted by Gasteiger charge is -2.64. The summed E-state index contributed by atoms with van der Waals surface area (Å²) in [5.74, 6) is 3.38. The monoisotopic (exact) mass is 601 g/mol. The molecule has 0 radical (unpaired) electrons. The molecule has 0 aromatic heterocycles. The fourth-order valence-electron chi connectivity index (χ4n) is 11.0. The van der Waals surface area contributed by atoms with E-state index in [2.05, 4.69) is 53.2 Å². The number of fused-ring (bicyclic) bond motifs is 5. The molecule has 4 aliphatic rings. The third-order valence-electron chi connectivity index (χ3n) is 13.3. The Morgan fingerprint density at radius 1 is 0.952 bits per heavy atom. The molecule has 0 bridgehead atoms. The predicted octanol–water partition coefficient (Wildman–Crippen LogP) is 7.31. The number of nitrogens with one attached hydrogen (secondary N) is 1. The third-order valence-corrected chi connectivity index (χ3v) is 14.8. The van der Waals surface area contributed by atoms with Crippen molar-refractivity contribution in [3.63, 3.8) is 0 Å². The van der Waals surface area contributed by atoms with Crippen LogP contribution in [0.25, 0.3) is 0 Å². The van der Waals surface area contributed by atoms with Crippen LogP contribution < -0.4 is 4.72 Å². The number of benzene rings is 1. The van der Waals surface area contributed by atoms with E-state index in [0.29, 0.717) is 52.9 Å². The fraction of sp³-hybridized carbons (Fsp3) is 0.833. The van der Waals surface area contributed by atoms with Crippen LogP contribution in [-0.4, -0.2) is 37.4 Å². The molecular formula is C36H59NO4S. The molecule has 0 spiro atoms. The molecule has 11 atom stereocenters. The third kappa shape index (κ3) is 5.65. The zero-order valence-electron chi connectivity index (χ0n) is 27.4. The van der Waals surface area contributed by atoms with Gasteiger partial charge in [0.1, 0.15) is 0 Å². The molecule has 5 nitrogen and oxygen atoms in total. The molecule has 6 heteroatoms. The number of hydrogen-bond acceptors (Lipinski definition) is 4. The van der Waals surface area contributed by atoms with Crippen LogP contribution in [0, 0.1) is 52.3 Å². The second kappa shape index (κ2) is 11.8. The number of rotatable bonds is 8. The fourth-order valence-corrected chi connectivity index (χ4v) is 12.1. The van der Waals surface area contributed by atoms with Crippen LogP contribution in [0.1, 0.15) is 118 Å². The number of aliphatic hydroxyl groups excluding tert-OH is 2. The minimum atomic E-state index is -3.51. The van der Waals surface area contributed by atoms with E-state index < -0.39 is 10.0 Å². The molecule has 4 saturated carbocycles. The topological polar surface area (TPSA) is 86.6 Å². The van der Waals surface area contributed by atoms with E-state index in [0.717, 1.165) is 44.1 Å². The molecule has 1 aromatic carbocycles. The summed E-state index contributed by atoms with van der Waals surface area (Å²) in [5.41, 5.74) is 1.60. The van der Waals surface area contributed by atoms with E-state index in [1.807, 2.05) is 12.1 Å². The zero-order chi connectivity index (χ0) is 30.7. The summed E-state index contributed by atoms with van der Waals surface area (Å²) in [4.78, 5) is 0.339. The molecule has 0 heterocycles. The minimum Gasteiger partial charge on any atom is -0.393 e. The Hall–Kier alpha value is -0.950. The van der Waals surface area contributed by atoms with E-state index in [9.17, 15) is 18.6 Å². The van der Waals surface area contributed by atoms with Gasteiger partial charge in [0.15, 0.2) is 0 Å². The first-order valence-electron chi connectivity index (χ1n) is 17.1. The van der Waals surface area contributed by atoms with Crippen molar-refractivity contribution in [2.45, 2.75) is 135 Å². The molecule has 0 amide bonds. The molecular weight excluding hydrogens is 542 g/mol. The van der Waals surface area contributed by atoms with E-state index in [4.69, 9.17) is 0 Å². The molecule has 0 saturated heterocycles. The van der Waals surface area contributed by atoms with Gasteiger partial charge in [-0.25, -0.2) is 13.1 Å². The maximum absolute atomic E-state index is 12.9. The first-order chi connectivity index (χ1) is 19.6. The van der Waals surface area contributed by atoms with Gasteiger partial charge >= 0.3 is 0 Å². The summed E-state index contributed by atoms with van der Waals surface area (Å²) in [5, 5.41) is 22.5. The van der Waals surface area contributed by atoms with Gasteiger partial charge in [0.25, 0.3) is 0 Å². The molecule has 238 valence electrons. The summed E-state index contributed by atoms with van der Waals surface area (Å²) >= 11 is 0. The Bertz CT molecular complexity index is 1190. The van der Waals surface area contributed by atoms with Crippen LogP contribution in [0.4, 0.5) is 0 Å². The highest BCUT2D eigenvalue weighted by molar-refractivity contribution is 7.89. The van der Waals surface area contributed by atoms with Crippen LogP contribution in [0.2, 0.25) is 0 Å². The van der Waals surface area contributed by atoms with Crippen LogP contribution in [0.3, 0.4) is 0 Å². The molecule has 4 aliphatic carbocycles. The average molecular weight is 602 g/mol. The van der Waals surface area contributed by atoms with Crippen LogP contribution in [0.5, 0.6) is 0 Å². The molecule has 5 rings (SSSR count). The van der Waals surface area contributed by atoms with Crippen molar-refractivity contribution in [1.82, 2.24) is 4.72 Å². The smallest absolute Gasteiger partial charge is 0.240 e. The van der Waals surface area contributed by atoms with Gasteiger partial charge in [-0.05, 0) is 133 Å². The summed E-state index contributed by atoms with van der Waals surface area (Å²) < 4.78 is 28.7. The van der Waals surface area contributed by atoms with Gasteiger partial charge in [-0.15, -0.1) is 0 Å². The quantitative estimate of drug-likeness (QED) is 0.273. The van der Waals surface area contributed by atoms with Crippen LogP contribution in [-0.2, 0) is 15.4 Å². The SMILES string of the molecule is CC[C@H]1[C@@H](O)[C@@H]2[C@H](CC[C@]3(C)[C@@H]([C@H](C)CCCNS(=O)(=O)c4ccc(C(C)(C)C)cc4)CC[C@@H]23)[C@@]2(C)CC[C@@H](O)C[C@@H]12. The van der Waals surface area contributed by atoms with Crippen molar-refractivity contribution in [3.05, 3.63) is 29.8 Å². The van der Waals surface area contributed by atoms with Crippen LogP contribution in [0.15, 0.2) is 29.2 Å². The minimum absolute atomic E-state index is 0.00636. The Morgan fingerprint density at radius 2 is 1.60 bits per heavy atom. The van der Waals surface area contributed by atoms with Gasteiger partial charge in [0.2, 0.25) is 10.0 Å². The summed E-state index contributed by atoms with van der Waals surface area (Å²) in [7, 11) is -3.51. The first-order valence-corrected chi connectivity index (χ1v) is 18.6. The largest absolute Gasteiger partial charge is 0.393 e. The van der Waals surface area contributed by atoms with Gasteiger partial charge in [-0.1, -0.05) is 67.0 Å². The average Bonchev–Trinajstić information content (AvgIpc) is 3.29. The van der Waals surface area contributed by atoms with E-state index in [1.54, 1.807) is 12.1 Å². The summed E-state index contributed by atoms with van der Waals surface area (Å²) in [6, 6.07) is 7.30. The summed E-state index contributed by atoms with van der Waals surface area (Å²) in [6.07, 6.45) is 10.1. The molecule has 1 aromatic rings. The van der Waals surface area contributed by atoms with Crippen molar-refractivity contribution in [1.29, 1.82) is 0 Å². The number of sulfonamides is 1. The Morgan fingerprint density at radius 3 is 2.24 bits per heavy atom. The number of aliphatic hydroxyl groups is 2. The normalized spacial score (nSPS) is 41.1. The Kier molecular flexibility index (Phi) is 9.09. The first kappa shape index (κ1) is 32.4. The molecule has 0 aliphatic heterocycles. The maximum atomic E-state index is 12.9. The maximum Gasteiger partial charge on any atom is 0.240 e. The Labute approximate surface area is 256 Å². The molecule has 0 unspecified atom stereocenters. The molecule has 4 fully saturated rings. The lowest BCUT2D eigenvalue weighted by atomic mass is 9.41. The van der Waals surface area contributed by atoms with Gasteiger partial charge in [-0.2, -0.15) is 0 Å². The van der Waals surface area contributed by atoms with E-state index in [-0.39, 0.29) is 28.5 Å². The highest BCUT2D eigenvalue weighted by Gasteiger charge is 2.64. The lowest BCUT2D eigenvalue weighted by Crippen LogP contribution is -2.62. The van der Waals surface area contributed by atoms with Crippen LogP contribution >= 0.6 is 0 Å².